The van der Waals surface area contributed by atoms with Crippen LogP contribution in [0.2, 0.25) is 0 Å². The van der Waals surface area contributed by atoms with Crippen molar-refractivity contribution in [2.24, 2.45) is 11.1 Å². The molecule has 0 aliphatic carbocycles. The van der Waals surface area contributed by atoms with Gasteiger partial charge in [0.05, 0.1) is 0 Å². The smallest absolute Gasteiger partial charge is 0.0471 e. The number of hydrogen-bond acceptors (Lipinski definition) is 3. The maximum absolute atomic E-state index is 6.07. The van der Waals surface area contributed by atoms with E-state index < -0.39 is 0 Å². The molecule has 2 rings (SSSR count). The summed E-state index contributed by atoms with van der Waals surface area (Å²) < 4.78 is 5.45. The lowest BCUT2D eigenvalue weighted by Gasteiger charge is -2.34. The Labute approximate surface area is 105 Å². The normalized spacial score (nSPS) is 25.7. The molecule has 16 heavy (non-hydrogen) atoms. The van der Waals surface area contributed by atoms with E-state index in [0.29, 0.717) is 5.41 Å². The molecule has 2 N–H and O–H groups in total. The van der Waals surface area contributed by atoms with Gasteiger partial charge in [-0.25, -0.2) is 0 Å². The van der Waals surface area contributed by atoms with Gasteiger partial charge in [-0.2, -0.15) is 0 Å². The molecule has 0 aromatic rings. The fourth-order valence-corrected chi connectivity index (χ4v) is 2.95. The molecular formula is C12H25ClN2O. The molecule has 0 bridgehead atoms. The fraction of sp³-hybridized carbons (Fsp3) is 1.00. The van der Waals surface area contributed by atoms with Crippen molar-refractivity contribution in [2.75, 3.05) is 32.8 Å². The molecule has 3 nitrogen and oxygen atoms in total. The first kappa shape index (κ1) is 14.2. The van der Waals surface area contributed by atoms with Crippen molar-refractivity contribution < 1.29 is 4.74 Å². The third kappa shape index (κ3) is 3.59. The number of ether oxygens (including phenoxy) is 1. The van der Waals surface area contributed by atoms with Crippen molar-refractivity contribution in [2.45, 2.75) is 38.6 Å². The minimum Gasteiger partial charge on any atom is -0.381 e. The van der Waals surface area contributed by atoms with E-state index in [1.54, 1.807) is 0 Å². The molecule has 2 aliphatic heterocycles. The van der Waals surface area contributed by atoms with Gasteiger partial charge in [0.2, 0.25) is 0 Å². The van der Waals surface area contributed by atoms with Crippen molar-refractivity contribution in [1.29, 1.82) is 0 Å². The Morgan fingerprint density at radius 2 is 1.88 bits per heavy atom. The van der Waals surface area contributed by atoms with E-state index in [0.717, 1.165) is 19.8 Å². The van der Waals surface area contributed by atoms with E-state index >= 15 is 0 Å². The molecule has 0 aromatic carbocycles. The number of nitrogens with zero attached hydrogens (tertiary/aromatic N) is 1. The van der Waals surface area contributed by atoms with Gasteiger partial charge in [0.1, 0.15) is 0 Å². The van der Waals surface area contributed by atoms with Gasteiger partial charge in [0.25, 0.3) is 0 Å². The second-order valence-corrected chi connectivity index (χ2v) is 6.06. The highest BCUT2D eigenvalue weighted by Crippen LogP contribution is 2.39. The van der Waals surface area contributed by atoms with Crippen LogP contribution in [0.25, 0.3) is 0 Å². The topological polar surface area (TPSA) is 38.5 Å². The van der Waals surface area contributed by atoms with E-state index in [2.05, 4.69) is 18.7 Å². The van der Waals surface area contributed by atoms with Crippen molar-refractivity contribution in [3.8, 4) is 0 Å². The van der Waals surface area contributed by atoms with E-state index in [1.807, 2.05) is 0 Å². The first-order chi connectivity index (χ1) is 6.99. The average Bonchev–Trinajstić information content (AvgIpc) is 2.47. The van der Waals surface area contributed by atoms with Crippen molar-refractivity contribution in [3.63, 3.8) is 0 Å². The highest BCUT2D eigenvalue weighted by atomic mass is 35.5. The highest BCUT2D eigenvalue weighted by molar-refractivity contribution is 5.85. The molecule has 0 unspecified atom stereocenters. The summed E-state index contributed by atoms with van der Waals surface area (Å²) >= 11 is 0. The van der Waals surface area contributed by atoms with E-state index in [4.69, 9.17) is 10.5 Å². The van der Waals surface area contributed by atoms with Gasteiger partial charge in [0, 0.05) is 31.8 Å². The summed E-state index contributed by atoms with van der Waals surface area (Å²) in [6, 6.07) is 0. The molecule has 2 saturated heterocycles. The van der Waals surface area contributed by atoms with Crippen LogP contribution in [0.4, 0.5) is 0 Å². The molecule has 2 fully saturated rings. The monoisotopic (exact) mass is 248 g/mol. The van der Waals surface area contributed by atoms with E-state index in [1.165, 1.54) is 32.4 Å². The van der Waals surface area contributed by atoms with Crippen LogP contribution in [-0.4, -0.2) is 43.3 Å². The number of nitrogens with two attached hydrogens (primary N) is 1. The molecule has 96 valence electrons. The van der Waals surface area contributed by atoms with Crippen LogP contribution >= 0.6 is 12.4 Å². The van der Waals surface area contributed by atoms with Crippen LogP contribution in [-0.2, 0) is 4.74 Å². The molecule has 0 atom stereocenters. The van der Waals surface area contributed by atoms with Crippen molar-refractivity contribution in [1.82, 2.24) is 4.90 Å². The van der Waals surface area contributed by atoms with E-state index in [9.17, 15) is 0 Å². The summed E-state index contributed by atoms with van der Waals surface area (Å²) in [7, 11) is 0. The molecule has 2 heterocycles. The molecule has 0 aromatic heterocycles. The number of rotatable bonds is 2. The minimum absolute atomic E-state index is 0. The fourth-order valence-electron chi connectivity index (χ4n) is 2.95. The van der Waals surface area contributed by atoms with Gasteiger partial charge < -0.3 is 15.4 Å². The predicted octanol–water partition coefficient (Wildman–Crippen LogP) is 1.65. The molecule has 0 saturated carbocycles. The van der Waals surface area contributed by atoms with Crippen LogP contribution in [0.1, 0.15) is 33.1 Å². The Hall–Kier alpha value is 0.170. The van der Waals surface area contributed by atoms with E-state index in [-0.39, 0.29) is 17.9 Å². The third-order valence-corrected chi connectivity index (χ3v) is 3.70. The van der Waals surface area contributed by atoms with Gasteiger partial charge in [-0.05, 0) is 45.1 Å². The van der Waals surface area contributed by atoms with Gasteiger partial charge in [-0.3, -0.25) is 0 Å². The lowest BCUT2D eigenvalue weighted by atomic mass is 9.80. The number of hydrogen-bond donors (Lipinski definition) is 1. The zero-order valence-corrected chi connectivity index (χ0v) is 11.3. The standard InChI is InChI=1S/C12H24N2O.ClH/c1-11(2,13)9-14-6-3-12(10-14)4-7-15-8-5-12;/h3-10,13H2,1-2H3;1H. The quantitative estimate of drug-likeness (QED) is 0.808. The zero-order valence-electron chi connectivity index (χ0n) is 10.5. The maximum atomic E-state index is 6.07. The second kappa shape index (κ2) is 5.21. The Morgan fingerprint density at radius 3 is 2.44 bits per heavy atom. The first-order valence-corrected chi connectivity index (χ1v) is 6.08. The molecule has 4 heteroatoms. The molecule has 2 aliphatic rings. The Kier molecular flexibility index (Phi) is 4.64. The van der Waals surface area contributed by atoms with Crippen LogP contribution in [0.15, 0.2) is 0 Å². The SMILES string of the molecule is CC(C)(N)CN1CCC2(CCOCC2)C1.Cl. The second-order valence-electron chi connectivity index (χ2n) is 6.06. The summed E-state index contributed by atoms with van der Waals surface area (Å²) in [6.45, 7) is 9.62. The number of halogens is 1. The van der Waals surface area contributed by atoms with Crippen LogP contribution in [0.3, 0.4) is 0 Å². The summed E-state index contributed by atoms with van der Waals surface area (Å²) in [5, 5.41) is 0. The van der Waals surface area contributed by atoms with Crippen molar-refractivity contribution >= 4 is 12.4 Å². The Balaban J connectivity index is 0.00000128. The average molecular weight is 249 g/mol. The highest BCUT2D eigenvalue weighted by Gasteiger charge is 2.39. The molecule has 0 amide bonds. The molecule has 1 spiro atoms. The Morgan fingerprint density at radius 1 is 1.25 bits per heavy atom. The van der Waals surface area contributed by atoms with Gasteiger partial charge in [-0.1, -0.05) is 0 Å². The first-order valence-electron chi connectivity index (χ1n) is 6.08. The van der Waals surface area contributed by atoms with Crippen LogP contribution < -0.4 is 5.73 Å². The maximum Gasteiger partial charge on any atom is 0.0471 e. The summed E-state index contributed by atoms with van der Waals surface area (Å²) in [5.41, 5.74) is 6.57. The minimum atomic E-state index is -0.0588. The summed E-state index contributed by atoms with van der Waals surface area (Å²) in [4.78, 5) is 2.53. The largest absolute Gasteiger partial charge is 0.381 e. The van der Waals surface area contributed by atoms with Crippen molar-refractivity contribution in [3.05, 3.63) is 0 Å². The van der Waals surface area contributed by atoms with Gasteiger partial charge in [0.15, 0.2) is 0 Å². The Bertz CT molecular complexity index is 222. The third-order valence-electron chi connectivity index (χ3n) is 3.70. The van der Waals surface area contributed by atoms with Gasteiger partial charge in [-0.15, -0.1) is 12.4 Å². The lowest BCUT2D eigenvalue weighted by molar-refractivity contribution is 0.0187. The van der Waals surface area contributed by atoms with Crippen LogP contribution in [0.5, 0.6) is 0 Å². The summed E-state index contributed by atoms with van der Waals surface area (Å²) in [6.07, 6.45) is 3.83. The summed E-state index contributed by atoms with van der Waals surface area (Å²) in [5.74, 6) is 0. The molecule has 0 radical (unpaired) electrons. The molecular weight excluding hydrogens is 224 g/mol. The lowest BCUT2D eigenvalue weighted by Crippen LogP contribution is -2.45. The van der Waals surface area contributed by atoms with Crippen LogP contribution in [0, 0.1) is 5.41 Å². The number of likely N-dealkylation sites (tertiary alicyclic amines) is 1. The van der Waals surface area contributed by atoms with Gasteiger partial charge >= 0.3 is 0 Å². The predicted molar refractivity (Wildman–Crippen MR) is 69.1 cm³/mol. The zero-order chi connectivity index (χ0) is 10.9.